The number of nitrogens with one attached hydrogen (secondary N) is 1. The fourth-order valence-electron chi connectivity index (χ4n) is 3.03. The van der Waals surface area contributed by atoms with Gasteiger partial charge >= 0.3 is 0 Å². The SMILES string of the molecule is CC1CC[C@@H]2[C@H](C1)NCC[C@@H]2C. The summed E-state index contributed by atoms with van der Waals surface area (Å²) in [5.41, 5.74) is 0. The van der Waals surface area contributed by atoms with Gasteiger partial charge in [-0.05, 0) is 43.6 Å². The first-order chi connectivity index (χ1) is 5.77. The quantitative estimate of drug-likeness (QED) is 0.584. The standard InChI is InChI=1S/C11H21N/c1-8-3-4-10-9(2)5-6-12-11(10)7-8/h8-12H,3-7H2,1-2H3/t8?,9-,10-,11-/m0/s1. The summed E-state index contributed by atoms with van der Waals surface area (Å²) in [6, 6.07) is 0.859. The molecule has 2 fully saturated rings. The van der Waals surface area contributed by atoms with Gasteiger partial charge in [-0.15, -0.1) is 0 Å². The van der Waals surface area contributed by atoms with E-state index in [2.05, 4.69) is 19.2 Å². The van der Waals surface area contributed by atoms with Gasteiger partial charge in [-0.25, -0.2) is 0 Å². The van der Waals surface area contributed by atoms with E-state index >= 15 is 0 Å². The Morgan fingerprint density at radius 1 is 1.08 bits per heavy atom. The molecule has 1 saturated heterocycles. The first-order valence-electron chi connectivity index (χ1n) is 5.50. The number of hydrogen-bond donors (Lipinski definition) is 1. The Labute approximate surface area is 75.9 Å². The van der Waals surface area contributed by atoms with Gasteiger partial charge in [0.2, 0.25) is 0 Å². The minimum Gasteiger partial charge on any atom is -0.314 e. The molecule has 0 spiro atoms. The number of rotatable bonds is 0. The van der Waals surface area contributed by atoms with Crippen molar-refractivity contribution in [3.63, 3.8) is 0 Å². The highest BCUT2D eigenvalue weighted by Gasteiger charge is 2.34. The van der Waals surface area contributed by atoms with Crippen LogP contribution in [0.1, 0.15) is 39.5 Å². The van der Waals surface area contributed by atoms with Crippen LogP contribution in [0.5, 0.6) is 0 Å². The Kier molecular flexibility index (Phi) is 2.40. The molecule has 1 nitrogen and oxygen atoms in total. The average molecular weight is 167 g/mol. The van der Waals surface area contributed by atoms with E-state index < -0.39 is 0 Å². The van der Waals surface area contributed by atoms with Crippen LogP contribution in [0.3, 0.4) is 0 Å². The molecule has 1 saturated carbocycles. The summed E-state index contributed by atoms with van der Waals surface area (Å²) < 4.78 is 0. The lowest BCUT2D eigenvalue weighted by molar-refractivity contribution is 0.125. The largest absolute Gasteiger partial charge is 0.314 e. The molecule has 4 atom stereocenters. The van der Waals surface area contributed by atoms with E-state index in [4.69, 9.17) is 0 Å². The van der Waals surface area contributed by atoms with Gasteiger partial charge in [0, 0.05) is 6.04 Å². The second-order valence-electron chi connectivity index (χ2n) is 4.91. The fraction of sp³-hybridized carbons (Fsp3) is 1.00. The third-order valence-electron chi connectivity index (χ3n) is 3.90. The first-order valence-corrected chi connectivity index (χ1v) is 5.50. The monoisotopic (exact) mass is 167 g/mol. The van der Waals surface area contributed by atoms with E-state index in [1.165, 1.54) is 32.2 Å². The van der Waals surface area contributed by atoms with E-state index in [1.807, 2.05) is 0 Å². The van der Waals surface area contributed by atoms with Crippen molar-refractivity contribution in [3.05, 3.63) is 0 Å². The zero-order valence-electron chi connectivity index (χ0n) is 8.34. The highest BCUT2D eigenvalue weighted by molar-refractivity contribution is 4.89. The van der Waals surface area contributed by atoms with Crippen molar-refractivity contribution in [1.82, 2.24) is 5.32 Å². The highest BCUT2D eigenvalue weighted by Crippen LogP contribution is 2.36. The summed E-state index contributed by atoms with van der Waals surface area (Å²) in [4.78, 5) is 0. The van der Waals surface area contributed by atoms with Crippen molar-refractivity contribution < 1.29 is 0 Å². The molecule has 1 unspecified atom stereocenters. The van der Waals surface area contributed by atoms with E-state index in [1.54, 1.807) is 0 Å². The van der Waals surface area contributed by atoms with Crippen LogP contribution < -0.4 is 5.32 Å². The van der Waals surface area contributed by atoms with Crippen molar-refractivity contribution >= 4 is 0 Å². The molecular weight excluding hydrogens is 146 g/mol. The Hall–Kier alpha value is -0.0400. The topological polar surface area (TPSA) is 12.0 Å². The van der Waals surface area contributed by atoms with E-state index in [-0.39, 0.29) is 0 Å². The molecular formula is C11H21N. The molecule has 0 bridgehead atoms. The molecule has 2 aliphatic rings. The number of hydrogen-bond acceptors (Lipinski definition) is 1. The molecule has 0 amide bonds. The predicted molar refractivity (Wildman–Crippen MR) is 52.1 cm³/mol. The number of fused-ring (bicyclic) bond motifs is 1. The second-order valence-corrected chi connectivity index (χ2v) is 4.91. The number of piperidine rings is 1. The maximum atomic E-state index is 3.68. The maximum Gasteiger partial charge on any atom is 0.0100 e. The molecule has 0 aromatic rings. The normalized spacial score (nSPS) is 48.5. The van der Waals surface area contributed by atoms with Crippen LogP contribution in [-0.4, -0.2) is 12.6 Å². The van der Waals surface area contributed by atoms with Gasteiger partial charge in [-0.2, -0.15) is 0 Å². The third kappa shape index (κ3) is 1.52. The van der Waals surface area contributed by atoms with Gasteiger partial charge in [0.25, 0.3) is 0 Å². The molecule has 0 aromatic carbocycles. The lowest BCUT2D eigenvalue weighted by Gasteiger charge is -2.42. The van der Waals surface area contributed by atoms with Gasteiger partial charge < -0.3 is 5.32 Å². The van der Waals surface area contributed by atoms with Crippen LogP contribution in [0.2, 0.25) is 0 Å². The minimum absolute atomic E-state index is 0.859. The van der Waals surface area contributed by atoms with Crippen LogP contribution >= 0.6 is 0 Å². The minimum atomic E-state index is 0.859. The maximum absolute atomic E-state index is 3.68. The average Bonchev–Trinajstić information content (AvgIpc) is 2.04. The Bertz CT molecular complexity index is 155. The molecule has 1 aliphatic heterocycles. The molecule has 1 heterocycles. The summed E-state index contributed by atoms with van der Waals surface area (Å²) in [5, 5.41) is 3.68. The van der Waals surface area contributed by atoms with Crippen LogP contribution in [-0.2, 0) is 0 Å². The zero-order valence-corrected chi connectivity index (χ0v) is 8.34. The molecule has 0 radical (unpaired) electrons. The zero-order chi connectivity index (χ0) is 8.55. The van der Waals surface area contributed by atoms with Crippen LogP contribution in [0.15, 0.2) is 0 Å². The van der Waals surface area contributed by atoms with Gasteiger partial charge in [0.1, 0.15) is 0 Å². The molecule has 1 heteroatoms. The van der Waals surface area contributed by atoms with Gasteiger partial charge in [0.05, 0.1) is 0 Å². The predicted octanol–water partition coefficient (Wildman–Crippen LogP) is 2.42. The van der Waals surface area contributed by atoms with E-state index in [9.17, 15) is 0 Å². The van der Waals surface area contributed by atoms with Gasteiger partial charge in [-0.1, -0.05) is 20.3 Å². The van der Waals surface area contributed by atoms with Gasteiger partial charge in [-0.3, -0.25) is 0 Å². The van der Waals surface area contributed by atoms with Gasteiger partial charge in [0.15, 0.2) is 0 Å². The molecule has 0 aromatic heterocycles. The lowest BCUT2D eigenvalue weighted by Crippen LogP contribution is -2.48. The van der Waals surface area contributed by atoms with Crippen molar-refractivity contribution in [2.75, 3.05) is 6.54 Å². The van der Waals surface area contributed by atoms with Crippen molar-refractivity contribution in [2.45, 2.75) is 45.6 Å². The Morgan fingerprint density at radius 2 is 1.92 bits per heavy atom. The summed E-state index contributed by atoms with van der Waals surface area (Å²) in [7, 11) is 0. The summed E-state index contributed by atoms with van der Waals surface area (Å²) >= 11 is 0. The third-order valence-corrected chi connectivity index (χ3v) is 3.90. The molecule has 70 valence electrons. The summed E-state index contributed by atoms with van der Waals surface area (Å²) in [6.45, 7) is 6.10. The summed E-state index contributed by atoms with van der Waals surface area (Å²) in [5.74, 6) is 2.93. The van der Waals surface area contributed by atoms with Crippen molar-refractivity contribution in [2.24, 2.45) is 17.8 Å². The molecule has 12 heavy (non-hydrogen) atoms. The van der Waals surface area contributed by atoms with Crippen molar-refractivity contribution in [1.29, 1.82) is 0 Å². The molecule has 1 aliphatic carbocycles. The Morgan fingerprint density at radius 3 is 2.75 bits per heavy atom. The second kappa shape index (κ2) is 3.37. The summed E-state index contributed by atoms with van der Waals surface area (Å²) in [6.07, 6.45) is 5.76. The van der Waals surface area contributed by atoms with Crippen LogP contribution in [0.25, 0.3) is 0 Å². The smallest absolute Gasteiger partial charge is 0.0100 e. The van der Waals surface area contributed by atoms with E-state index in [0.717, 1.165) is 23.8 Å². The molecule has 1 N–H and O–H groups in total. The fourth-order valence-corrected chi connectivity index (χ4v) is 3.03. The Balaban J connectivity index is 1.99. The highest BCUT2D eigenvalue weighted by atomic mass is 14.9. The molecule has 2 rings (SSSR count). The van der Waals surface area contributed by atoms with Crippen LogP contribution in [0.4, 0.5) is 0 Å². The van der Waals surface area contributed by atoms with Crippen molar-refractivity contribution in [3.8, 4) is 0 Å². The van der Waals surface area contributed by atoms with E-state index in [0.29, 0.717) is 0 Å². The lowest BCUT2D eigenvalue weighted by atomic mass is 9.71. The van der Waals surface area contributed by atoms with Crippen LogP contribution in [0, 0.1) is 17.8 Å². The first kappa shape index (κ1) is 8.55.